The highest BCUT2D eigenvalue weighted by molar-refractivity contribution is 5.91. The van der Waals surface area contributed by atoms with Gasteiger partial charge in [0.15, 0.2) is 0 Å². The molecule has 0 aliphatic rings. The summed E-state index contributed by atoms with van der Waals surface area (Å²) in [5.41, 5.74) is -0.383. The van der Waals surface area contributed by atoms with Gasteiger partial charge in [-0.2, -0.15) is 13.2 Å². The number of nitrogens with one attached hydrogen (secondary N) is 1. The van der Waals surface area contributed by atoms with Crippen LogP contribution in [0.5, 0.6) is 0 Å². The van der Waals surface area contributed by atoms with Crippen LogP contribution in [-0.2, 0) is 11.0 Å². The molecule has 0 aliphatic carbocycles. The number of alkyl halides is 3. The molecule has 0 saturated carbocycles. The Bertz CT molecular complexity index is 464. The van der Waals surface area contributed by atoms with Crippen molar-refractivity contribution in [1.29, 1.82) is 0 Å². The van der Waals surface area contributed by atoms with E-state index in [2.05, 4.69) is 5.32 Å². The molecular formula is C14H16F3NO. The molecule has 1 N–H and O–H groups in total. The molecule has 0 radical (unpaired) electrons. The molecule has 19 heavy (non-hydrogen) atoms. The zero-order valence-corrected chi connectivity index (χ0v) is 10.8. The maximum atomic E-state index is 12.5. The molecule has 5 heteroatoms. The van der Waals surface area contributed by atoms with Crippen molar-refractivity contribution in [2.45, 2.75) is 20.0 Å². The van der Waals surface area contributed by atoms with Gasteiger partial charge in [0.05, 0.1) is 5.56 Å². The van der Waals surface area contributed by atoms with Crippen molar-refractivity contribution in [1.82, 2.24) is 5.32 Å². The highest BCUT2D eigenvalue weighted by atomic mass is 19.4. The van der Waals surface area contributed by atoms with Gasteiger partial charge in [-0.1, -0.05) is 26.0 Å². The summed E-state index contributed by atoms with van der Waals surface area (Å²) in [6.45, 7) is 4.44. The average Bonchev–Trinajstić information content (AvgIpc) is 2.33. The third kappa shape index (κ3) is 5.59. The zero-order chi connectivity index (χ0) is 14.5. The third-order valence-corrected chi connectivity index (χ3v) is 2.33. The SMILES string of the molecule is CC(C)CNC(=O)/C=C/c1cccc(C(F)(F)F)c1. The van der Waals surface area contributed by atoms with Crippen LogP contribution in [0.2, 0.25) is 0 Å². The molecule has 0 heterocycles. The van der Waals surface area contributed by atoms with Gasteiger partial charge in [-0.05, 0) is 29.7 Å². The molecule has 0 aliphatic heterocycles. The van der Waals surface area contributed by atoms with Crippen LogP contribution >= 0.6 is 0 Å². The first-order valence-corrected chi connectivity index (χ1v) is 5.92. The predicted octanol–water partition coefficient (Wildman–Crippen LogP) is 3.49. The molecule has 0 bridgehead atoms. The smallest absolute Gasteiger partial charge is 0.352 e. The Morgan fingerprint density at radius 1 is 1.37 bits per heavy atom. The normalized spacial score (nSPS) is 12.1. The second-order valence-corrected chi connectivity index (χ2v) is 4.60. The van der Waals surface area contributed by atoms with Crippen molar-refractivity contribution in [3.8, 4) is 0 Å². The second-order valence-electron chi connectivity index (χ2n) is 4.60. The van der Waals surface area contributed by atoms with Crippen LogP contribution in [0.3, 0.4) is 0 Å². The van der Waals surface area contributed by atoms with Crippen molar-refractivity contribution in [3.05, 3.63) is 41.5 Å². The first kappa shape index (κ1) is 15.3. The van der Waals surface area contributed by atoms with Gasteiger partial charge in [0.1, 0.15) is 0 Å². The van der Waals surface area contributed by atoms with E-state index in [4.69, 9.17) is 0 Å². The fourth-order valence-electron chi connectivity index (χ4n) is 1.35. The fourth-order valence-corrected chi connectivity index (χ4v) is 1.35. The third-order valence-electron chi connectivity index (χ3n) is 2.33. The number of amides is 1. The van der Waals surface area contributed by atoms with Crippen molar-refractivity contribution < 1.29 is 18.0 Å². The van der Waals surface area contributed by atoms with E-state index in [0.29, 0.717) is 18.0 Å². The maximum Gasteiger partial charge on any atom is 0.416 e. The van der Waals surface area contributed by atoms with Gasteiger partial charge in [-0.15, -0.1) is 0 Å². The van der Waals surface area contributed by atoms with E-state index >= 15 is 0 Å². The first-order chi connectivity index (χ1) is 8.79. The monoisotopic (exact) mass is 271 g/mol. The Hall–Kier alpha value is -1.78. The van der Waals surface area contributed by atoms with E-state index in [-0.39, 0.29) is 5.91 Å². The number of hydrogen-bond donors (Lipinski definition) is 1. The summed E-state index contributed by atoms with van der Waals surface area (Å²) >= 11 is 0. The summed E-state index contributed by atoms with van der Waals surface area (Å²) in [5, 5.41) is 2.65. The number of rotatable bonds is 4. The molecule has 0 spiro atoms. The molecule has 1 aromatic rings. The lowest BCUT2D eigenvalue weighted by atomic mass is 10.1. The van der Waals surface area contributed by atoms with Gasteiger partial charge in [-0.25, -0.2) is 0 Å². The summed E-state index contributed by atoms with van der Waals surface area (Å²) in [7, 11) is 0. The van der Waals surface area contributed by atoms with Gasteiger partial charge in [-0.3, -0.25) is 4.79 Å². The van der Waals surface area contributed by atoms with Gasteiger partial charge in [0.25, 0.3) is 0 Å². The fraction of sp³-hybridized carbons (Fsp3) is 0.357. The Balaban J connectivity index is 2.69. The number of halogens is 3. The number of benzene rings is 1. The van der Waals surface area contributed by atoms with E-state index in [9.17, 15) is 18.0 Å². The number of hydrogen-bond acceptors (Lipinski definition) is 1. The lowest BCUT2D eigenvalue weighted by Crippen LogP contribution is -2.25. The Kier molecular flexibility index (Phi) is 5.15. The zero-order valence-electron chi connectivity index (χ0n) is 10.8. The van der Waals surface area contributed by atoms with Crippen LogP contribution in [0, 0.1) is 5.92 Å². The van der Waals surface area contributed by atoms with Crippen molar-refractivity contribution in [3.63, 3.8) is 0 Å². The van der Waals surface area contributed by atoms with Gasteiger partial charge < -0.3 is 5.32 Å². The van der Waals surface area contributed by atoms with Crippen LogP contribution in [0.1, 0.15) is 25.0 Å². The largest absolute Gasteiger partial charge is 0.416 e. The average molecular weight is 271 g/mol. The van der Waals surface area contributed by atoms with E-state index < -0.39 is 11.7 Å². The van der Waals surface area contributed by atoms with E-state index in [0.717, 1.165) is 12.1 Å². The molecule has 0 aromatic heterocycles. The van der Waals surface area contributed by atoms with Crippen LogP contribution in [-0.4, -0.2) is 12.5 Å². The molecular weight excluding hydrogens is 255 g/mol. The quantitative estimate of drug-likeness (QED) is 0.834. The summed E-state index contributed by atoms with van der Waals surface area (Å²) in [4.78, 5) is 11.4. The summed E-state index contributed by atoms with van der Waals surface area (Å²) in [5.74, 6) is 0.0111. The highest BCUT2D eigenvalue weighted by Crippen LogP contribution is 2.29. The van der Waals surface area contributed by atoms with Crippen LogP contribution < -0.4 is 5.32 Å². The number of carbonyl (C=O) groups is 1. The highest BCUT2D eigenvalue weighted by Gasteiger charge is 2.30. The molecule has 104 valence electrons. The lowest BCUT2D eigenvalue weighted by molar-refractivity contribution is -0.137. The molecule has 0 unspecified atom stereocenters. The van der Waals surface area contributed by atoms with Gasteiger partial charge in [0, 0.05) is 12.6 Å². The van der Waals surface area contributed by atoms with Crippen LogP contribution in [0.25, 0.3) is 6.08 Å². The Morgan fingerprint density at radius 3 is 2.63 bits per heavy atom. The topological polar surface area (TPSA) is 29.1 Å². The Morgan fingerprint density at radius 2 is 2.05 bits per heavy atom. The van der Waals surface area contributed by atoms with Crippen molar-refractivity contribution in [2.24, 2.45) is 5.92 Å². The summed E-state index contributed by atoms with van der Waals surface area (Å²) < 4.78 is 37.4. The molecule has 2 nitrogen and oxygen atoms in total. The van der Waals surface area contributed by atoms with Crippen molar-refractivity contribution >= 4 is 12.0 Å². The van der Waals surface area contributed by atoms with E-state index in [1.54, 1.807) is 0 Å². The van der Waals surface area contributed by atoms with Gasteiger partial charge >= 0.3 is 6.18 Å². The Labute approximate surface area is 110 Å². The summed E-state index contributed by atoms with van der Waals surface area (Å²) in [6, 6.07) is 4.83. The van der Waals surface area contributed by atoms with E-state index in [1.807, 2.05) is 13.8 Å². The standard InChI is InChI=1S/C14H16F3NO/c1-10(2)9-18-13(19)7-6-11-4-3-5-12(8-11)14(15,16)17/h3-8,10H,9H2,1-2H3,(H,18,19)/b7-6+. The minimum atomic E-state index is -4.37. The lowest BCUT2D eigenvalue weighted by Gasteiger charge is -2.07. The van der Waals surface area contributed by atoms with Crippen LogP contribution in [0.4, 0.5) is 13.2 Å². The van der Waals surface area contributed by atoms with Crippen LogP contribution in [0.15, 0.2) is 30.3 Å². The maximum absolute atomic E-state index is 12.5. The molecule has 0 fully saturated rings. The molecule has 1 aromatic carbocycles. The number of carbonyl (C=O) groups excluding carboxylic acids is 1. The predicted molar refractivity (Wildman–Crippen MR) is 68.3 cm³/mol. The van der Waals surface area contributed by atoms with Gasteiger partial charge in [0.2, 0.25) is 5.91 Å². The molecule has 0 atom stereocenters. The summed E-state index contributed by atoms with van der Waals surface area (Å²) in [6.07, 6.45) is -1.77. The first-order valence-electron chi connectivity index (χ1n) is 5.92. The minimum Gasteiger partial charge on any atom is -0.352 e. The molecule has 1 rings (SSSR count). The minimum absolute atomic E-state index is 0.314. The van der Waals surface area contributed by atoms with E-state index in [1.165, 1.54) is 24.3 Å². The molecule has 1 amide bonds. The van der Waals surface area contributed by atoms with Crippen molar-refractivity contribution in [2.75, 3.05) is 6.54 Å². The molecule has 0 saturated heterocycles. The second kappa shape index (κ2) is 6.41.